The van der Waals surface area contributed by atoms with Crippen LogP contribution in [0.15, 0.2) is 42.6 Å². The molecule has 6 nitrogen and oxygen atoms in total. The molecule has 0 fully saturated rings. The number of carbonyl (C=O) groups excluding carboxylic acids is 1. The average Bonchev–Trinajstić information content (AvgIpc) is 2.91. The number of rotatable bonds is 6. The molecule has 2 rings (SSSR count). The standard InChI is InChI=1S/C16H19N3O3/c1-3-10-18(12-15-5-4-11-17(15)2)16(20)13-6-8-14(9-7-13)19(21)22/h4-9,11H,3,10,12H2,1-2H3. The molecule has 1 amide bonds. The smallest absolute Gasteiger partial charge is 0.269 e. The highest BCUT2D eigenvalue weighted by atomic mass is 16.6. The van der Waals surface area contributed by atoms with Crippen LogP contribution in [0.1, 0.15) is 29.4 Å². The van der Waals surface area contributed by atoms with Gasteiger partial charge in [0.15, 0.2) is 0 Å². The molecule has 0 radical (unpaired) electrons. The summed E-state index contributed by atoms with van der Waals surface area (Å²) in [7, 11) is 1.94. The van der Waals surface area contributed by atoms with E-state index in [2.05, 4.69) is 0 Å². The van der Waals surface area contributed by atoms with Crippen LogP contribution in [0.3, 0.4) is 0 Å². The van der Waals surface area contributed by atoms with Crippen molar-refractivity contribution in [3.8, 4) is 0 Å². The fourth-order valence-corrected chi connectivity index (χ4v) is 2.29. The van der Waals surface area contributed by atoms with E-state index < -0.39 is 4.92 Å². The fraction of sp³-hybridized carbons (Fsp3) is 0.312. The number of amides is 1. The second-order valence-corrected chi connectivity index (χ2v) is 5.14. The molecule has 6 heteroatoms. The highest BCUT2D eigenvalue weighted by Crippen LogP contribution is 2.15. The number of nitrogens with zero attached hydrogens (tertiary/aromatic N) is 3. The van der Waals surface area contributed by atoms with E-state index in [4.69, 9.17) is 0 Å². The van der Waals surface area contributed by atoms with Crippen molar-refractivity contribution in [1.29, 1.82) is 0 Å². The number of non-ortho nitro benzene ring substituents is 1. The van der Waals surface area contributed by atoms with E-state index in [0.29, 0.717) is 18.7 Å². The van der Waals surface area contributed by atoms with Crippen LogP contribution in [0.5, 0.6) is 0 Å². The summed E-state index contributed by atoms with van der Waals surface area (Å²) in [4.78, 5) is 24.6. The quantitative estimate of drug-likeness (QED) is 0.608. The molecule has 0 aliphatic carbocycles. The van der Waals surface area contributed by atoms with E-state index in [9.17, 15) is 14.9 Å². The van der Waals surface area contributed by atoms with Gasteiger partial charge in [0.2, 0.25) is 0 Å². The third-order valence-corrected chi connectivity index (χ3v) is 3.51. The van der Waals surface area contributed by atoms with Crippen molar-refractivity contribution >= 4 is 11.6 Å². The van der Waals surface area contributed by atoms with Gasteiger partial charge in [0.05, 0.1) is 11.5 Å². The lowest BCUT2D eigenvalue weighted by atomic mass is 10.1. The molecule has 0 unspecified atom stereocenters. The van der Waals surface area contributed by atoms with Crippen LogP contribution >= 0.6 is 0 Å². The Morgan fingerprint density at radius 3 is 2.45 bits per heavy atom. The van der Waals surface area contributed by atoms with Gasteiger partial charge >= 0.3 is 0 Å². The summed E-state index contributed by atoms with van der Waals surface area (Å²) < 4.78 is 1.98. The van der Waals surface area contributed by atoms with Gasteiger partial charge in [0.1, 0.15) is 0 Å². The average molecular weight is 301 g/mol. The number of hydrogen-bond donors (Lipinski definition) is 0. The molecule has 1 heterocycles. The molecular formula is C16H19N3O3. The van der Waals surface area contributed by atoms with Crippen molar-refractivity contribution in [1.82, 2.24) is 9.47 Å². The minimum atomic E-state index is -0.470. The van der Waals surface area contributed by atoms with Gasteiger partial charge in [-0.1, -0.05) is 6.92 Å². The van der Waals surface area contributed by atoms with Crippen LogP contribution in [0.4, 0.5) is 5.69 Å². The summed E-state index contributed by atoms with van der Waals surface area (Å²) in [5, 5.41) is 10.7. The minimum Gasteiger partial charge on any atom is -0.353 e. The molecule has 0 bridgehead atoms. The number of aromatic nitrogens is 1. The zero-order valence-corrected chi connectivity index (χ0v) is 12.7. The van der Waals surface area contributed by atoms with Gasteiger partial charge in [-0.2, -0.15) is 0 Å². The summed E-state index contributed by atoms with van der Waals surface area (Å²) in [6.45, 7) is 3.18. The van der Waals surface area contributed by atoms with E-state index in [1.807, 2.05) is 36.9 Å². The van der Waals surface area contributed by atoms with Crippen molar-refractivity contribution in [2.24, 2.45) is 7.05 Å². The van der Waals surface area contributed by atoms with Crippen LogP contribution < -0.4 is 0 Å². The van der Waals surface area contributed by atoms with Crippen molar-refractivity contribution in [3.05, 3.63) is 64.0 Å². The Balaban J connectivity index is 2.18. The Hall–Kier alpha value is -2.63. The molecule has 116 valence electrons. The molecular weight excluding hydrogens is 282 g/mol. The molecule has 2 aromatic rings. The summed E-state index contributed by atoms with van der Waals surface area (Å²) >= 11 is 0. The molecule has 0 N–H and O–H groups in total. The van der Waals surface area contributed by atoms with E-state index in [1.54, 1.807) is 4.90 Å². The normalized spacial score (nSPS) is 10.5. The van der Waals surface area contributed by atoms with Crippen molar-refractivity contribution in [2.45, 2.75) is 19.9 Å². The maximum Gasteiger partial charge on any atom is 0.269 e. The number of carbonyl (C=O) groups is 1. The van der Waals surface area contributed by atoms with Crippen LogP contribution in [0.2, 0.25) is 0 Å². The first-order valence-corrected chi connectivity index (χ1v) is 7.17. The lowest BCUT2D eigenvalue weighted by Crippen LogP contribution is -2.32. The van der Waals surface area contributed by atoms with Gasteiger partial charge in [-0.05, 0) is 30.7 Å². The monoisotopic (exact) mass is 301 g/mol. The fourth-order valence-electron chi connectivity index (χ4n) is 2.29. The molecule has 0 saturated carbocycles. The molecule has 0 saturated heterocycles. The Morgan fingerprint density at radius 2 is 1.95 bits per heavy atom. The predicted molar refractivity (Wildman–Crippen MR) is 83.5 cm³/mol. The van der Waals surface area contributed by atoms with Crippen LogP contribution in [-0.2, 0) is 13.6 Å². The lowest BCUT2D eigenvalue weighted by molar-refractivity contribution is -0.384. The van der Waals surface area contributed by atoms with Crippen molar-refractivity contribution in [3.63, 3.8) is 0 Å². The first-order chi connectivity index (χ1) is 10.5. The van der Waals surface area contributed by atoms with Crippen LogP contribution in [0.25, 0.3) is 0 Å². The molecule has 0 aliphatic heterocycles. The summed E-state index contributed by atoms with van der Waals surface area (Å²) in [5.41, 5.74) is 1.50. The van der Waals surface area contributed by atoms with Gasteiger partial charge in [-0.15, -0.1) is 0 Å². The van der Waals surface area contributed by atoms with Gasteiger partial charge in [-0.25, -0.2) is 0 Å². The predicted octanol–water partition coefficient (Wildman–Crippen LogP) is 2.99. The van der Waals surface area contributed by atoms with Crippen LogP contribution in [-0.4, -0.2) is 26.8 Å². The number of hydrogen-bond acceptors (Lipinski definition) is 3. The highest BCUT2D eigenvalue weighted by Gasteiger charge is 2.17. The lowest BCUT2D eigenvalue weighted by Gasteiger charge is -2.22. The maximum absolute atomic E-state index is 12.6. The molecule has 0 spiro atoms. The third kappa shape index (κ3) is 3.52. The second kappa shape index (κ2) is 6.89. The number of aryl methyl sites for hydroxylation is 1. The Kier molecular flexibility index (Phi) is 4.93. The van der Waals surface area contributed by atoms with Gasteiger partial charge < -0.3 is 9.47 Å². The highest BCUT2D eigenvalue weighted by molar-refractivity contribution is 5.94. The Morgan fingerprint density at radius 1 is 1.27 bits per heavy atom. The van der Waals surface area contributed by atoms with E-state index >= 15 is 0 Å². The van der Waals surface area contributed by atoms with Crippen LogP contribution in [0, 0.1) is 10.1 Å². The molecule has 1 aromatic heterocycles. The largest absolute Gasteiger partial charge is 0.353 e. The van der Waals surface area contributed by atoms with Gasteiger partial charge in [0, 0.05) is 43.2 Å². The molecule has 1 aromatic carbocycles. The number of benzene rings is 1. The molecule has 22 heavy (non-hydrogen) atoms. The third-order valence-electron chi connectivity index (χ3n) is 3.51. The summed E-state index contributed by atoms with van der Waals surface area (Å²) in [6, 6.07) is 9.66. The second-order valence-electron chi connectivity index (χ2n) is 5.14. The van der Waals surface area contributed by atoms with E-state index in [1.165, 1.54) is 24.3 Å². The summed E-state index contributed by atoms with van der Waals surface area (Å²) in [5.74, 6) is -0.113. The zero-order valence-electron chi connectivity index (χ0n) is 12.7. The topological polar surface area (TPSA) is 68.4 Å². The first kappa shape index (κ1) is 15.8. The zero-order chi connectivity index (χ0) is 16.1. The van der Waals surface area contributed by atoms with Crippen molar-refractivity contribution < 1.29 is 9.72 Å². The van der Waals surface area contributed by atoms with E-state index in [-0.39, 0.29) is 11.6 Å². The number of nitro benzene ring substituents is 1. The van der Waals surface area contributed by atoms with Gasteiger partial charge in [0.25, 0.3) is 11.6 Å². The van der Waals surface area contributed by atoms with Gasteiger partial charge in [-0.3, -0.25) is 14.9 Å². The van der Waals surface area contributed by atoms with Crippen molar-refractivity contribution in [2.75, 3.05) is 6.54 Å². The Bertz CT molecular complexity index is 662. The molecule has 0 atom stereocenters. The SMILES string of the molecule is CCCN(Cc1cccn1C)C(=O)c1ccc([N+](=O)[O-])cc1. The molecule has 0 aliphatic rings. The first-order valence-electron chi connectivity index (χ1n) is 7.17. The van der Waals surface area contributed by atoms with E-state index in [0.717, 1.165) is 12.1 Å². The maximum atomic E-state index is 12.6. The number of nitro groups is 1. The minimum absolute atomic E-state index is 0.0129. The summed E-state index contributed by atoms with van der Waals surface area (Å²) in [6.07, 6.45) is 2.79. The Labute approximate surface area is 129 Å².